The van der Waals surface area contributed by atoms with E-state index in [0.29, 0.717) is 30.0 Å². The molecule has 1 aromatic rings. The molecule has 28 heavy (non-hydrogen) atoms. The summed E-state index contributed by atoms with van der Waals surface area (Å²) in [6.07, 6.45) is 6.89. The van der Waals surface area contributed by atoms with Gasteiger partial charge in [-0.2, -0.15) is 0 Å². The fraction of sp³-hybridized carbons (Fsp3) is 0.524. The summed E-state index contributed by atoms with van der Waals surface area (Å²) >= 11 is 0. The molecule has 1 unspecified atom stereocenters. The predicted octanol–water partition coefficient (Wildman–Crippen LogP) is 2.36. The molecule has 2 heterocycles. The second-order valence-corrected chi connectivity index (χ2v) is 7.99. The molecular formula is C21H25N3O4. The van der Waals surface area contributed by atoms with Crippen molar-refractivity contribution in [1.29, 1.82) is 0 Å². The maximum atomic E-state index is 12.8. The molecule has 0 radical (unpaired) electrons. The lowest BCUT2D eigenvalue weighted by atomic mass is 9.87. The molecule has 1 saturated heterocycles. The number of hydrogen-bond donors (Lipinski definition) is 2. The van der Waals surface area contributed by atoms with Crippen molar-refractivity contribution in [3.05, 3.63) is 29.3 Å². The van der Waals surface area contributed by atoms with Crippen molar-refractivity contribution in [1.82, 2.24) is 10.2 Å². The molecule has 2 fully saturated rings. The smallest absolute Gasteiger partial charge is 0.255 e. The molecule has 1 atom stereocenters. The van der Waals surface area contributed by atoms with Crippen LogP contribution in [0.1, 0.15) is 67.3 Å². The monoisotopic (exact) mass is 383 g/mol. The van der Waals surface area contributed by atoms with E-state index in [9.17, 15) is 19.2 Å². The van der Waals surface area contributed by atoms with Gasteiger partial charge in [0.2, 0.25) is 17.7 Å². The molecule has 2 aliphatic heterocycles. The Morgan fingerprint density at radius 2 is 1.89 bits per heavy atom. The van der Waals surface area contributed by atoms with Gasteiger partial charge >= 0.3 is 0 Å². The molecule has 1 aliphatic carbocycles. The van der Waals surface area contributed by atoms with E-state index in [2.05, 4.69) is 10.6 Å². The number of anilines is 1. The number of nitrogens with one attached hydrogen (secondary N) is 2. The Balaban J connectivity index is 1.47. The van der Waals surface area contributed by atoms with Crippen molar-refractivity contribution in [3.63, 3.8) is 0 Å². The van der Waals surface area contributed by atoms with Gasteiger partial charge in [0.1, 0.15) is 6.04 Å². The highest BCUT2D eigenvalue weighted by Gasteiger charge is 2.40. The molecule has 4 rings (SSSR count). The first-order valence-corrected chi connectivity index (χ1v) is 10.1. The minimum Gasteiger partial charge on any atom is -0.326 e. The summed E-state index contributed by atoms with van der Waals surface area (Å²) in [5, 5.41) is 5.28. The maximum absolute atomic E-state index is 12.8. The molecule has 3 aliphatic rings. The third-order valence-electron chi connectivity index (χ3n) is 6.05. The van der Waals surface area contributed by atoms with Crippen molar-refractivity contribution < 1.29 is 19.2 Å². The van der Waals surface area contributed by atoms with Gasteiger partial charge in [-0.15, -0.1) is 0 Å². The highest BCUT2D eigenvalue weighted by Crippen LogP contribution is 2.33. The van der Waals surface area contributed by atoms with Gasteiger partial charge in [-0.1, -0.05) is 25.3 Å². The topological polar surface area (TPSA) is 95.6 Å². The van der Waals surface area contributed by atoms with Crippen LogP contribution in [0.25, 0.3) is 0 Å². The molecule has 4 amide bonds. The van der Waals surface area contributed by atoms with Gasteiger partial charge in [0, 0.05) is 36.2 Å². The fourth-order valence-corrected chi connectivity index (χ4v) is 4.56. The van der Waals surface area contributed by atoms with E-state index in [1.165, 1.54) is 24.2 Å². The molecule has 1 saturated carbocycles. The van der Waals surface area contributed by atoms with Gasteiger partial charge in [-0.05, 0) is 37.3 Å². The number of fused-ring (bicyclic) bond motifs is 1. The van der Waals surface area contributed by atoms with E-state index in [1.54, 1.807) is 18.2 Å². The van der Waals surface area contributed by atoms with Crippen molar-refractivity contribution >= 4 is 29.3 Å². The summed E-state index contributed by atoms with van der Waals surface area (Å²) in [5.74, 6) is -0.548. The first-order chi connectivity index (χ1) is 13.5. The van der Waals surface area contributed by atoms with Crippen LogP contribution in [0.3, 0.4) is 0 Å². The standard InChI is InChI=1S/C21H25N3O4/c25-18-10-9-17(20(27)23-18)24-12-15-14(21(24)28)7-4-8-16(15)22-19(26)11-13-5-2-1-3-6-13/h4,7-8,13,17H,1-3,5-6,9-12H2,(H,22,26)(H,23,25,27). The lowest BCUT2D eigenvalue weighted by molar-refractivity contribution is -0.137. The molecule has 148 valence electrons. The minimum absolute atomic E-state index is 0.0211. The van der Waals surface area contributed by atoms with Crippen LogP contribution >= 0.6 is 0 Å². The molecule has 2 N–H and O–H groups in total. The van der Waals surface area contributed by atoms with Crippen molar-refractivity contribution in [2.24, 2.45) is 5.92 Å². The Morgan fingerprint density at radius 3 is 2.64 bits per heavy atom. The van der Waals surface area contributed by atoms with Crippen LogP contribution in [-0.4, -0.2) is 34.6 Å². The van der Waals surface area contributed by atoms with Gasteiger partial charge in [0.25, 0.3) is 5.91 Å². The lowest BCUT2D eigenvalue weighted by Gasteiger charge is -2.29. The Labute approximate surface area is 163 Å². The summed E-state index contributed by atoms with van der Waals surface area (Å²) in [6, 6.07) is 4.63. The third-order valence-corrected chi connectivity index (χ3v) is 6.05. The largest absolute Gasteiger partial charge is 0.326 e. The number of amides is 4. The van der Waals surface area contributed by atoms with E-state index >= 15 is 0 Å². The SMILES string of the molecule is O=C1CCC(N2Cc3c(NC(=O)CC4CCCCC4)cccc3C2=O)C(=O)N1. The zero-order valence-corrected chi connectivity index (χ0v) is 15.8. The van der Waals surface area contributed by atoms with Gasteiger partial charge < -0.3 is 10.2 Å². The van der Waals surface area contributed by atoms with Crippen LogP contribution in [0.2, 0.25) is 0 Å². The summed E-state index contributed by atoms with van der Waals surface area (Å²) in [7, 11) is 0. The first-order valence-electron chi connectivity index (χ1n) is 10.1. The van der Waals surface area contributed by atoms with Gasteiger partial charge in [0.05, 0.1) is 0 Å². The molecule has 7 heteroatoms. The van der Waals surface area contributed by atoms with Gasteiger partial charge in [0.15, 0.2) is 0 Å². The number of benzene rings is 1. The Bertz CT molecular complexity index is 829. The van der Waals surface area contributed by atoms with Crippen molar-refractivity contribution in [2.75, 3.05) is 5.32 Å². The van der Waals surface area contributed by atoms with Crippen molar-refractivity contribution in [2.45, 2.75) is 64.0 Å². The van der Waals surface area contributed by atoms with E-state index in [4.69, 9.17) is 0 Å². The number of carbonyl (C=O) groups excluding carboxylic acids is 4. The Hall–Kier alpha value is -2.70. The minimum atomic E-state index is -0.650. The average molecular weight is 383 g/mol. The Morgan fingerprint density at radius 1 is 1.11 bits per heavy atom. The van der Waals surface area contributed by atoms with Crippen LogP contribution in [0.15, 0.2) is 18.2 Å². The number of piperidine rings is 1. The number of nitrogens with zero attached hydrogens (tertiary/aromatic N) is 1. The summed E-state index contributed by atoms with van der Waals surface area (Å²) < 4.78 is 0. The zero-order valence-electron chi connectivity index (χ0n) is 15.8. The number of imide groups is 1. The quantitative estimate of drug-likeness (QED) is 0.780. The molecule has 7 nitrogen and oxygen atoms in total. The van der Waals surface area contributed by atoms with Gasteiger partial charge in [-0.25, -0.2) is 0 Å². The summed E-state index contributed by atoms with van der Waals surface area (Å²) in [5.41, 5.74) is 1.90. The fourth-order valence-electron chi connectivity index (χ4n) is 4.56. The molecule has 0 aromatic heterocycles. The third kappa shape index (κ3) is 3.66. The average Bonchev–Trinajstić information content (AvgIpc) is 3.00. The van der Waals surface area contributed by atoms with E-state index in [-0.39, 0.29) is 30.7 Å². The maximum Gasteiger partial charge on any atom is 0.255 e. The molecule has 1 aromatic carbocycles. The summed E-state index contributed by atoms with van der Waals surface area (Å²) in [4.78, 5) is 50.4. The first kappa shape index (κ1) is 18.7. The highest BCUT2D eigenvalue weighted by molar-refractivity contribution is 6.06. The highest BCUT2D eigenvalue weighted by atomic mass is 16.2. The van der Waals surface area contributed by atoms with Gasteiger partial charge in [-0.3, -0.25) is 24.5 Å². The molecule has 0 bridgehead atoms. The van der Waals surface area contributed by atoms with Crippen LogP contribution in [0, 0.1) is 5.92 Å². The molecule has 0 spiro atoms. The van der Waals surface area contributed by atoms with Crippen molar-refractivity contribution in [3.8, 4) is 0 Å². The van der Waals surface area contributed by atoms with Crippen LogP contribution < -0.4 is 10.6 Å². The predicted molar refractivity (Wildman–Crippen MR) is 102 cm³/mol. The number of hydrogen-bond acceptors (Lipinski definition) is 4. The molecular weight excluding hydrogens is 358 g/mol. The van der Waals surface area contributed by atoms with Crippen LogP contribution in [0.5, 0.6) is 0 Å². The zero-order chi connectivity index (χ0) is 19.7. The van der Waals surface area contributed by atoms with Crippen LogP contribution in [0.4, 0.5) is 5.69 Å². The lowest BCUT2D eigenvalue weighted by Crippen LogP contribution is -2.52. The van der Waals surface area contributed by atoms with Crippen LogP contribution in [-0.2, 0) is 20.9 Å². The second kappa shape index (κ2) is 7.73. The normalized spacial score (nSPS) is 22.8. The van der Waals surface area contributed by atoms with E-state index < -0.39 is 11.9 Å². The Kier molecular flexibility index (Phi) is 5.15. The summed E-state index contributed by atoms with van der Waals surface area (Å²) in [6.45, 7) is 0.264. The number of rotatable bonds is 4. The number of carbonyl (C=O) groups is 4. The van der Waals surface area contributed by atoms with E-state index in [0.717, 1.165) is 18.4 Å². The van der Waals surface area contributed by atoms with E-state index in [1.807, 2.05) is 0 Å². The second-order valence-electron chi connectivity index (χ2n) is 7.99.